The third-order valence-corrected chi connectivity index (χ3v) is 4.32. The number of carbonyl (C=O) groups excluding carboxylic acids is 1. The molecule has 0 radical (unpaired) electrons. The number of ketones is 1. The van der Waals surface area contributed by atoms with Crippen LogP contribution in [0.2, 0.25) is 0 Å². The lowest BCUT2D eigenvalue weighted by atomic mass is 9.98. The van der Waals surface area contributed by atoms with E-state index in [2.05, 4.69) is 0 Å². The van der Waals surface area contributed by atoms with Gasteiger partial charge in [0.15, 0.2) is 5.78 Å². The number of fused-ring (bicyclic) bond motifs is 1. The average Bonchev–Trinajstić information content (AvgIpc) is 2.70. The van der Waals surface area contributed by atoms with Crippen molar-refractivity contribution in [2.24, 2.45) is 0 Å². The zero-order valence-electron chi connectivity index (χ0n) is 14.9. The molecule has 3 rings (SSSR count). The van der Waals surface area contributed by atoms with E-state index in [9.17, 15) is 4.79 Å². The van der Waals surface area contributed by atoms with E-state index in [0.717, 1.165) is 22.4 Å². The fraction of sp³-hybridized carbons (Fsp3) is 0.0870. The number of Topliss-reactive ketones (excluding diaryl/α,β-unsaturated/α-hetero) is 1. The van der Waals surface area contributed by atoms with E-state index < -0.39 is 0 Å². The van der Waals surface area contributed by atoms with Gasteiger partial charge in [-0.05, 0) is 30.7 Å². The molecule has 0 aliphatic carbocycles. The lowest BCUT2D eigenvalue weighted by molar-refractivity contribution is 0.100. The molecule has 130 valence electrons. The van der Waals surface area contributed by atoms with Gasteiger partial charge in [-0.15, -0.1) is 0 Å². The average molecular weight is 351 g/mol. The third kappa shape index (κ3) is 4.03. The Labute approximate surface area is 158 Å². The summed E-state index contributed by atoms with van der Waals surface area (Å²) < 4.78 is 0. The molecule has 0 saturated heterocycles. The number of nitrogens with zero attached hydrogens (tertiary/aromatic N) is 3. The van der Waals surface area contributed by atoms with Crippen molar-refractivity contribution >= 4 is 17.0 Å². The van der Waals surface area contributed by atoms with Crippen LogP contribution < -0.4 is 4.90 Å². The third-order valence-electron chi connectivity index (χ3n) is 4.32. The Morgan fingerprint density at radius 1 is 1.07 bits per heavy atom. The standard InChI is InChI=1S/C23H17N3O/c1-17-6-9-20(10-7-17)23(27)16-26-13-12-19(11-8-18(14-24)15-25)21-4-2-3-5-22(21)26/h2-13H,16H2,1H3/b19-11-. The van der Waals surface area contributed by atoms with E-state index in [0.29, 0.717) is 5.56 Å². The molecule has 2 aromatic carbocycles. The molecule has 27 heavy (non-hydrogen) atoms. The Bertz CT molecular complexity index is 1030. The molecule has 1 heterocycles. The van der Waals surface area contributed by atoms with Gasteiger partial charge >= 0.3 is 0 Å². The number of rotatable bonds is 4. The van der Waals surface area contributed by atoms with Crippen LogP contribution in [0.5, 0.6) is 0 Å². The second kappa shape index (κ2) is 7.99. The molecule has 1 aliphatic heterocycles. The molecule has 0 bridgehead atoms. The van der Waals surface area contributed by atoms with E-state index in [-0.39, 0.29) is 17.9 Å². The molecule has 0 N–H and O–H groups in total. The predicted octanol–water partition coefficient (Wildman–Crippen LogP) is 4.57. The minimum Gasteiger partial charge on any atom is -0.340 e. The Kier molecular flexibility index (Phi) is 5.30. The highest BCUT2D eigenvalue weighted by molar-refractivity contribution is 6.00. The van der Waals surface area contributed by atoms with Crippen LogP contribution in [0, 0.1) is 29.6 Å². The Hall–Kier alpha value is -3.89. The Balaban J connectivity index is 1.89. The van der Waals surface area contributed by atoms with Gasteiger partial charge in [-0.25, -0.2) is 0 Å². The molecule has 0 aromatic heterocycles. The molecule has 0 unspecified atom stereocenters. The van der Waals surface area contributed by atoms with Gasteiger partial charge in [-0.2, -0.15) is 10.5 Å². The van der Waals surface area contributed by atoms with Crippen molar-refractivity contribution in [3.05, 3.63) is 95.2 Å². The fourth-order valence-corrected chi connectivity index (χ4v) is 2.85. The lowest BCUT2D eigenvalue weighted by Crippen LogP contribution is -2.27. The van der Waals surface area contributed by atoms with Gasteiger partial charge in [-0.1, -0.05) is 54.1 Å². The highest BCUT2D eigenvalue weighted by Gasteiger charge is 2.18. The summed E-state index contributed by atoms with van der Waals surface area (Å²) >= 11 is 0. The number of allylic oxidation sites excluding steroid dienone is 5. The van der Waals surface area contributed by atoms with Crippen molar-refractivity contribution in [1.82, 2.24) is 0 Å². The zero-order valence-corrected chi connectivity index (χ0v) is 14.9. The second-order valence-corrected chi connectivity index (χ2v) is 6.18. The van der Waals surface area contributed by atoms with Gasteiger partial charge in [-0.3, -0.25) is 4.79 Å². The van der Waals surface area contributed by atoms with Crippen molar-refractivity contribution < 1.29 is 4.79 Å². The number of nitriles is 2. The largest absolute Gasteiger partial charge is 0.340 e. The highest BCUT2D eigenvalue weighted by Crippen LogP contribution is 2.32. The monoisotopic (exact) mass is 351 g/mol. The fourth-order valence-electron chi connectivity index (χ4n) is 2.85. The smallest absolute Gasteiger partial charge is 0.182 e. The van der Waals surface area contributed by atoms with Gasteiger partial charge in [0, 0.05) is 23.0 Å². The quantitative estimate of drug-likeness (QED) is 0.598. The Morgan fingerprint density at radius 3 is 2.48 bits per heavy atom. The molecule has 0 spiro atoms. The van der Waals surface area contributed by atoms with Crippen LogP contribution in [0.1, 0.15) is 21.5 Å². The molecule has 4 heteroatoms. The number of anilines is 1. The number of aryl methyl sites for hydroxylation is 1. The maximum Gasteiger partial charge on any atom is 0.182 e. The highest BCUT2D eigenvalue weighted by atomic mass is 16.1. The van der Waals surface area contributed by atoms with Gasteiger partial charge in [0.2, 0.25) is 0 Å². The molecule has 0 saturated carbocycles. The van der Waals surface area contributed by atoms with Crippen molar-refractivity contribution in [1.29, 1.82) is 10.5 Å². The van der Waals surface area contributed by atoms with Crippen LogP contribution in [0.4, 0.5) is 5.69 Å². The second-order valence-electron chi connectivity index (χ2n) is 6.18. The SMILES string of the molecule is Cc1ccc(C(=O)CN2C=C/C(=C/C=C(C#N)C#N)c3ccccc32)cc1. The van der Waals surface area contributed by atoms with Crippen LogP contribution in [0.25, 0.3) is 5.57 Å². The van der Waals surface area contributed by atoms with E-state index in [4.69, 9.17) is 10.5 Å². The normalized spacial score (nSPS) is 13.4. The minimum atomic E-state index is 0.0398. The van der Waals surface area contributed by atoms with E-state index in [1.54, 1.807) is 6.08 Å². The first kappa shape index (κ1) is 17.9. The summed E-state index contributed by atoms with van der Waals surface area (Å²) in [4.78, 5) is 14.5. The Morgan fingerprint density at radius 2 is 1.78 bits per heavy atom. The molecule has 0 atom stereocenters. The van der Waals surface area contributed by atoms with Gasteiger partial charge in [0.25, 0.3) is 0 Å². The maximum absolute atomic E-state index is 12.6. The summed E-state index contributed by atoms with van der Waals surface area (Å²) in [5.74, 6) is 0.0398. The molecule has 0 fully saturated rings. The number of hydrogen-bond acceptors (Lipinski definition) is 4. The zero-order chi connectivity index (χ0) is 19.2. The van der Waals surface area contributed by atoms with Crippen molar-refractivity contribution in [2.45, 2.75) is 6.92 Å². The van der Waals surface area contributed by atoms with Crippen LogP contribution in [0.15, 0.2) is 78.5 Å². The topological polar surface area (TPSA) is 67.9 Å². The van der Waals surface area contributed by atoms with Gasteiger partial charge in [0.1, 0.15) is 17.7 Å². The van der Waals surface area contributed by atoms with E-state index >= 15 is 0 Å². The summed E-state index contributed by atoms with van der Waals surface area (Å²) in [6.07, 6.45) is 6.99. The number of benzene rings is 2. The summed E-state index contributed by atoms with van der Waals surface area (Å²) in [5.41, 5.74) is 4.59. The van der Waals surface area contributed by atoms with Crippen molar-refractivity contribution in [2.75, 3.05) is 11.4 Å². The first-order valence-corrected chi connectivity index (χ1v) is 8.48. The summed E-state index contributed by atoms with van der Waals surface area (Å²) in [7, 11) is 0. The van der Waals surface area contributed by atoms with Gasteiger partial charge < -0.3 is 4.90 Å². The first-order valence-electron chi connectivity index (χ1n) is 8.48. The molecule has 0 amide bonds. The number of carbonyl (C=O) groups is 1. The van der Waals surface area contributed by atoms with Gasteiger partial charge in [0.05, 0.1) is 6.54 Å². The van der Waals surface area contributed by atoms with Crippen molar-refractivity contribution in [3.8, 4) is 12.1 Å². The first-order chi connectivity index (χ1) is 13.1. The maximum atomic E-state index is 12.6. The molecular weight excluding hydrogens is 334 g/mol. The predicted molar refractivity (Wildman–Crippen MR) is 106 cm³/mol. The summed E-state index contributed by atoms with van der Waals surface area (Å²) in [6, 6.07) is 19.0. The molecular formula is C23H17N3O. The summed E-state index contributed by atoms with van der Waals surface area (Å²) in [5, 5.41) is 17.8. The van der Waals surface area contributed by atoms with E-state index in [1.807, 2.05) is 84.8 Å². The van der Waals surface area contributed by atoms with Crippen LogP contribution in [-0.4, -0.2) is 12.3 Å². The number of hydrogen-bond donors (Lipinski definition) is 0. The molecule has 4 nitrogen and oxygen atoms in total. The number of para-hydroxylation sites is 1. The molecule has 2 aromatic rings. The van der Waals surface area contributed by atoms with E-state index in [1.165, 1.54) is 6.08 Å². The van der Waals surface area contributed by atoms with Crippen LogP contribution in [0.3, 0.4) is 0 Å². The molecule has 1 aliphatic rings. The summed E-state index contributed by atoms with van der Waals surface area (Å²) in [6.45, 7) is 2.23. The minimum absolute atomic E-state index is 0.0398. The lowest BCUT2D eigenvalue weighted by Gasteiger charge is -2.27. The van der Waals surface area contributed by atoms with Crippen molar-refractivity contribution in [3.63, 3.8) is 0 Å². The van der Waals surface area contributed by atoms with Crippen LogP contribution >= 0.6 is 0 Å². The van der Waals surface area contributed by atoms with Crippen LogP contribution in [-0.2, 0) is 0 Å².